The van der Waals surface area contributed by atoms with Gasteiger partial charge < -0.3 is 10.2 Å². The summed E-state index contributed by atoms with van der Waals surface area (Å²) in [6.45, 7) is 5.23. The molecule has 1 radical (unpaired) electrons. The van der Waals surface area contributed by atoms with Gasteiger partial charge in [-0.2, -0.15) is 0 Å². The summed E-state index contributed by atoms with van der Waals surface area (Å²) in [5.41, 5.74) is 0. The van der Waals surface area contributed by atoms with E-state index in [9.17, 15) is 0 Å². The third-order valence-corrected chi connectivity index (χ3v) is 2.40. The van der Waals surface area contributed by atoms with E-state index >= 15 is 0 Å². The van der Waals surface area contributed by atoms with Gasteiger partial charge in [0.1, 0.15) is 0 Å². The van der Waals surface area contributed by atoms with Gasteiger partial charge in [0.05, 0.1) is 0 Å². The van der Waals surface area contributed by atoms with Gasteiger partial charge in [-0.05, 0) is 21.0 Å². The predicted molar refractivity (Wildman–Crippen MR) is 46.8 cm³/mol. The second kappa shape index (κ2) is 4.04. The van der Waals surface area contributed by atoms with Crippen LogP contribution < -0.4 is 10.6 Å². The van der Waals surface area contributed by atoms with Crippen molar-refractivity contribution in [3.05, 3.63) is 0 Å². The molecule has 0 aromatic carbocycles. The molecule has 1 saturated heterocycles. The molecule has 1 N–H and O–H groups in total. The number of hydrogen-bond donors (Lipinski definition) is 1. The van der Waals surface area contributed by atoms with Crippen molar-refractivity contribution < 1.29 is 0 Å². The molecule has 0 aromatic rings. The van der Waals surface area contributed by atoms with E-state index in [2.05, 4.69) is 36.6 Å². The molecule has 1 fully saturated rings. The Morgan fingerprint density at radius 2 is 2.27 bits per heavy atom. The quantitative estimate of drug-likeness (QED) is 0.585. The van der Waals surface area contributed by atoms with Crippen LogP contribution in [0.1, 0.15) is 6.92 Å². The maximum absolute atomic E-state index is 4.37. The number of nitrogens with one attached hydrogen (secondary N) is 1. The number of hydrogen-bond acceptors (Lipinski definition) is 2. The first-order valence-electron chi connectivity index (χ1n) is 4.25. The van der Waals surface area contributed by atoms with E-state index in [1.54, 1.807) is 0 Å². The van der Waals surface area contributed by atoms with Gasteiger partial charge in [-0.3, -0.25) is 0 Å². The largest absolute Gasteiger partial charge is 0.310 e. The van der Waals surface area contributed by atoms with Crippen molar-refractivity contribution in [2.24, 2.45) is 0 Å². The molecule has 0 bridgehead atoms. The van der Waals surface area contributed by atoms with Crippen LogP contribution in [0.5, 0.6) is 0 Å². The van der Waals surface area contributed by atoms with E-state index in [1.165, 1.54) is 0 Å². The van der Waals surface area contributed by atoms with Gasteiger partial charge in [0.15, 0.2) is 0 Å². The average Bonchev–Trinajstić information content (AvgIpc) is 2.05. The summed E-state index contributed by atoms with van der Waals surface area (Å²) < 4.78 is 0. The fourth-order valence-corrected chi connectivity index (χ4v) is 1.31. The Morgan fingerprint density at radius 3 is 2.73 bits per heavy atom. The maximum Gasteiger partial charge on any atom is 0.0363 e. The first-order valence-corrected chi connectivity index (χ1v) is 4.25. The highest BCUT2D eigenvalue weighted by Gasteiger charge is 2.20. The van der Waals surface area contributed by atoms with Crippen LogP contribution in [0.2, 0.25) is 0 Å². The lowest BCUT2D eigenvalue weighted by molar-refractivity contribution is 0.225. The fraction of sp³-hybridized carbons (Fsp3) is 1.00. The topological polar surface area (TPSA) is 29.4 Å². The second-order valence-electron chi connectivity index (χ2n) is 3.39. The third kappa shape index (κ3) is 2.43. The van der Waals surface area contributed by atoms with Crippen molar-refractivity contribution in [2.75, 3.05) is 33.7 Å². The van der Waals surface area contributed by atoms with E-state index in [-0.39, 0.29) is 0 Å². The molecule has 65 valence electrons. The molecule has 3 nitrogen and oxygen atoms in total. The lowest BCUT2D eigenvalue weighted by Gasteiger charge is -2.32. The molecule has 0 amide bonds. The summed E-state index contributed by atoms with van der Waals surface area (Å²) in [6.07, 6.45) is 0. The molecule has 2 atom stereocenters. The van der Waals surface area contributed by atoms with Crippen molar-refractivity contribution in [3.63, 3.8) is 0 Å². The molecule has 3 heteroatoms. The molecular weight excluding hydrogens is 138 g/mol. The molecule has 1 rings (SSSR count). The maximum atomic E-state index is 4.37. The minimum Gasteiger partial charge on any atom is -0.310 e. The fourth-order valence-electron chi connectivity index (χ4n) is 1.31. The van der Waals surface area contributed by atoms with Crippen LogP contribution in [0, 0.1) is 0 Å². The Labute approximate surface area is 69.1 Å². The van der Waals surface area contributed by atoms with E-state index in [4.69, 9.17) is 0 Å². The standard InChI is InChI=1S/C8H18N3/c1-7(11(2)3)8-6-9-4-5-10-8/h7-8,10H,4-6H2,1-3H3. The lowest BCUT2D eigenvalue weighted by atomic mass is 10.1. The minimum atomic E-state index is 0.554. The van der Waals surface area contributed by atoms with Crippen LogP contribution in [0.4, 0.5) is 0 Å². The second-order valence-corrected chi connectivity index (χ2v) is 3.39. The summed E-state index contributed by atoms with van der Waals surface area (Å²) in [5, 5.41) is 7.84. The van der Waals surface area contributed by atoms with Gasteiger partial charge in [-0.15, -0.1) is 0 Å². The van der Waals surface area contributed by atoms with Gasteiger partial charge in [-0.25, -0.2) is 5.32 Å². The smallest absolute Gasteiger partial charge is 0.0363 e. The zero-order valence-electron chi connectivity index (χ0n) is 7.67. The van der Waals surface area contributed by atoms with Gasteiger partial charge in [-0.1, -0.05) is 0 Å². The van der Waals surface area contributed by atoms with Crippen molar-refractivity contribution in [3.8, 4) is 0 Å². The Kier molecular flexibility index (Phi) is 3.30. The molecule has 0 aliphatic carbocycles. The van der Waals surface area contributed by atoms with Gasteiger partial charge in [0.2, 0.25) is 0 Å². The Bertz CT molecular complexity index is 108. The molecule has 1 aliphatic heterocycles. The third-order valence-electron chi connectivity index (χ3n) is 2.40. The Hall–Kier alpha value is -0.120. The number of nitrogens with zero attached hydrogens (tertiary/aromatic N) is 2. The molecular formula is C8H18N3. The molecule has 0 aromatic heterocycles. The number of piperazine rings is 1. The molecule has 1 heterocycles. The van der Waals surface area contributed by atoms with Gasteiger partial charge >= 0.3 is 0 Å². The van der Waals surface area contributed by atoms with Crippen molar-refractivity contribution in [1.29, 1.82) is 0 Å². The Balaban J connectivity index is 2.32. The summed E-state index contributed by atoms with van der Waals surface area (Å²) in [7, 11) is 4.22. The van der Waals surface area contributed by atoms with Crippen LogP contribution in [0.25, 0.3) is 0 Å². The zero-order chi connectivity index (χ0) is 8.27. The first kappa shape index (κ1) is 8.97. The van der Waals surface area contributed by atoms with Crippen LogP contribution in [-0.4, -0.2) is 50.7 Å². The normalized spacial score (nSPS) is 28.9. The van der Waals surface area contributed by atoms with Crippen LogP contribution >= 0.6 is 0 Å². The van der Waals surface area contributed by atoms with E-state index in [1.807, 2.05) is 0 Å². The van der Waals surface area contributed by atoms with E-state index in [0.29, 0.717) is 12.1 Å². The van der Waals surface area contributed by atoms with Gasteiger partial charge in [0.25, 0.3) is 0 Å². The monoisotopic (exact) mass is 156 g/mol. The van der Waals surface area contributed by atoms with Crippen LogP contribution in [-0.2, 0) is 0 Å². The highest BCUT2D eigenvalue weighted by atomic mass is 15.2. The highest BCUT2D eigenvalue weighted by Crippen LogP contribution is 2.00. The zero-order valence-corrected chi connectivity index (χ0v) is 7.67. The predicted octanol–water partition coefficient (Wildman–Crippen LogP) is -0.487. The molecule has 11 heavy (non-hydrogen) atoms. The number of rotatable bonds is 2. The summed E-state index contributed by atoms with van der Waals surface area (Å²) >= 11 is 0. The van der Waals surface area contributed by atoms with Crippen molar-refractivity contribution in [2.45, 2.75) is 19.0 Å². The van der Waals surface area contributed by atoms with Crippen molar-refractivity contribution in [1.82, 2.24) is 15.5 Å². The van der Waals surface area contributed by atoms with Crippen LogP contribution in [0.3, 0.4) is 0 Å². The minimum absolute atomic E-state index is 0.554. The molecule has 0 saturated carbocycles. The molecule has 0 spiro atoms. The van der Waals surface area contributed by atoms with Crippen molar-refractivity contribution >= 4 is 0 Å². The summed E-state index contributed by atoms with van der Waals surface area (Å²) in [6, 6.07) is 1.14. The molecule has 2 unspecified atom stereocenters. The summed E-state index contributed by atoms with van der Waals surface area (Å²) in [4.78, 5) is 2.23. The SMILES string of the molecule is CC(C1C[N]CCN1)N(C)C. The number of likely N-dealkylation sites (N-methyl/N-ethyl adjacent to an activating group) is 1. The first-order chi connectivity index (χ1) is 5.22. The van der Waals surface area contributed by atoms with Gasteiger partial charge in [0, 0.05) is 31.7 Å². The summed E-state index contributed by atoms with van der Waals surface area (Å²) in [5.74, 6) is 0. The average molecular weight is 156 g/mol. The van der Waals surface area contributed by atoms with E-state index < -0.39 is 0 Å². The van der Waals surface area contributed by atoms with Crippen LogP contribution in [0.15, 0.2) is 0 Å². The Morgan fingerprint density at radius 1 is 1.55 bits per heavy atom. The highest BCUT2D eigenvalue weighted by molar-refractivity contribution is 4.83. The van der Waals surface area contributed by atoms with E-state index in [0.717, 1.165) is 19.6 Å². The molecule has 1 aliphatic rings. The lowest BCUT2D eigenvalue weighted by Crippen LogP contribution is -2.54.